The molecule has 0 atom stereocenters. The van der Waals surface area contributed by atoms with E-state index in [1.807, 2.05) is 48.0 Å². The molecule has 29 heavy (non-hydrogen) atoms. The summed E-state index contributed by atoms with van der Waals surface area (Å²) in [6.07, 6.45) is 9.30. The number of pyridine rings is 1. The van der Waals surface area contributed by atoms with Crippen LogP contribution >= 0.6 is 0 Å². The SMILES string of the molecule is C#Cc1cccc(NC(=O)c2ccccc2OCc2cn3cccc(C)c3n2)c1. The van der Waals surface area contributed by atoms with Gasteiger partial charge in [-0.2, -0.15) is 0 Å². The van der Waals surface area contributed by atoms with E-state index in [0.717, 1.165) is 16.9 Å². The summed E-state index contributed by atoms with van der Waals surface area (Å²) < 4.78 is 7.89. The van der Waals surface area contributed by atoms with Crippen LogP contribution in [-0.4, -0.2) is 15.3 Å². The van der Waals surface area contributed by atoms with Crippen LogP contribution in [0.15, 0.2) is 73.1 Å². The van der Waals surface area contributed by atoms with Crippen molar-refractivity contribution in [2.45, 2.75) is 13.5 Å². The highest BCUT2D eigenvalue weighted by molar-refractivity contribution is 6.06. The van der Waals surface area contributed by atoms with Gasteiger partial charge in [-0.3, -0.25) is 4.79 Å². The Morgan fingerprint density at radius 1 is 1.17 bits per heavy atom. The predicted octanol–water partition coefficient (Wildman–Crippen LogP) is 4.46. The van der Waals surface area contributed by atoms with Gasteiger partial charge >= 0.3 is 0 Å². The molecule has 1 amide bonds. The highest BCUT2D eigenvalue weighted by atomic mass is 16.5. The standard InChI is InChI=1S/C24H19N3O2/c1-3-18-9-6-10-19(14-18)26-24(28)21-11-4-5-12-22(21)29-16-20-15-27-13-7-8-17(2)23(27)25-20/h1,4-15H,16H2,2H3,(H,26,28). The van der Waals surface area contributed by atoms with Gasteiger partial charge in [0.2, 0.25) is 0 Å². The van der Waals surface area contributed by atoms with E-state index in [2.05, 4.69) is 16.2 Å². The zero-order valence-corrected chi connectivity index (χ0v) is 15.9. The summed E-state index contributed by atoms with van der Waals surface area (Å²) in [6.45, 7) is 2.28. The molecule has 0 fully saturated rings. The third-order valence-electron chi connectivity index (χ3n) is 4.52. The molecule has 5 heteroatoms. The van der Waals surface area contributed by atoms with Gasteiger partial charge in [0.15, 0.2) is 0 Å². The van der Waals surface area contributed by atoms with E-state index in [1.165, 1.54) is 0 Å². The number of rotatable bonds is 5. The highest BCUT2D eigenvalue weighted by Gasteiger charge is 2.13. The Morgan fingerprint density at radius 2 is 2.03 bits per heavy atom. The van der Waals surface area contributed by atoms with Crippen LogP contribution in [0, 0.1) is 19.3 Å². The first-order chi connectivity index (χ1) is 14.1. The van der Waals surface area contributed by atoms with Crippen molar-refractivity contribution in [3.8, 4) is 18.1 Å². The van der Waals surface area contributed by atoms with E-state index in [4.69, 9.17) is 11.2 Å². The van der Waals surface area contributed by atoms with E-state index < -0.39 is 0 Å². The number of carbonyl (C=O) groups excluding carboxylic acids is 1. The van der Waals surface area contributed by atoms with Gasteiger partial charge in [0, 0.05) is 23.6 Å². The molecule has 1 N–H and O–H groups in total. The summed E-state index contributed by atoms with van der Waals surface area (Å²) in [5.41, 5.74) is 4.55. The molecule has 0 aliphatic rings. The maximum Gasteiger partial charge on any atom is 0.259 e. The third kappa shape index (κ3) is 3.97. The minimum absolute atomic E-state index is 0.262. The molecule has 4 rings (SSSR count). The molecule has 0 saturated carbocycles. The van der Waals surface area contributed by atoms with Crippen LogP contribution in [0.3, 0.4) is 0 Å². The Labute approximate surface area is 169 Å². The first kappa shape index (κ1) is 18.3. The number of aromatic nitrogens is 2. The number of terminal acetylenes is 1. The number of aryl methyl sites for hydroxylation is 1. The molecule has 2 aromatic heterocycles. The van der Waals surface area contributed by atoms with Crippen molar-refractivity contribution in [2.75, 3.05) is 5.32 Å². The van der Waals surface area contributed by atoms with E-state index in [9.17, 15) is 4.79 Å². The zero-order valence-electron chi connectivity index (χ0n) is 15.9. The number of imidazole rings is 1. The largest absolute Gasteiger partial charge is 0.486 e. The van der Waals surface area contributed by atoms with Crippen LogP contribution in [0.25, 0.3) is 5.65 Å². The molecule has 4 aromatic rings. The van der Waals surface area contributed by atoms with Crippen LogP contribution in [0.4, 0.5) is 5.69 Å². The van der Waals surface area contributed by atoms with Crippen molar-refractivity contribution in [2.24, 2.45) is 0 Å². The molecular formula is C24H19N3O2. The second kappa shape index (κ2) is 7.91. The van der Waals surface area contributed by atoms with Gasteiger partial charge in [0.25, 0.3) is 5.91 Å². The van der Waals surface area contributed by atoms with E-state index in [-0.39, 0.29) is 12.5 Å². The molecule has 0 bridgehead atoms. The summed E-state index contributed by atoms with van der Waals surface area (Å²) >= 11 is 0. The van der Waals surface area contributed by atoms with Gasteiger partial charge in [0.1, 0.15) is 18.0 Å². The predicted molar refractivity (Wildman–Crippen MR) is 113 cm³/mol. The summed E-state index contributed by atoms with van der Waals surface area (Å²) in [5.74, 6) is 2.79. The number of amides is 1. The van der Waals surface area contributed by atoms with Crippen molar-refractivity contribution >= 4 is 17.2 Å². The molecule has 0 radical (unpaired) electrons. The fourth-order valence-corrected chi connectivity index (χ4v) is 3.09. The fraction of sp³-hybridized carbons (Fsp3) is 0.0833. The van der Waals surface area contributed by atoms with Crippen LogP contribution in [0.1, 0.15) is 27.2 Å². The van der Waals surface area contributed by atoms with E-state index >= 15 is 0 Å². The third-order valence-corrected chi connectivity index (χ3v) is 4.52. The van der Waals surface area contributed by atoms with E-state index in [1.54, 1.807) is 36.4 Å². The number of para-hydroxylation sites is 1. The minimum Gasteiger partial charge on any atom is -0.486 e. The molecule has 2 aromatic carbocycles. The first-order valence-corrected chi connectivity index (χ1v) is 9.17. The van der Waals surface area contributed by atoms with Crippen molar-refractivity contribution in [3.05, 3.63) is 95.4 Å². The Hall–Kier alpha value is -4.04. The lowest BCUT2D eigenvalue weighted by atomic mass is 10.1. The topological polar surface area (TPSA) is 55.6 Å². The average molecular weight is 381 g/mol. The van der Waals surface area contributed by atoms with Crippen LogP contribution in [-0.2, 0) is 6.61 Å². The van der Waals surface area contributed by atoms with E-state index in [0.29, 0.717) is 22.6 Å². The second-order valence-electron chi connectivity index (χ2n) is 6.62. The fourth-order valence-electron chi connectivity index (χ4n) is 3.09. The van der Waals surface area contributed by atoms with Crippen molar-refractivity contribution < 1.29 is 9.53 Å². The number of fused-ring (bicyclic) bond motifs is 1. The Balaban J connectivity index is 1.52. The highest BCUT2D eigenvalue weighted by Crippen LogP contribution is 2.21. The molecule has 0 aliphatic heterocycles. The molecule has 142 valence electrons. The Kier molecular flexibility index (Phi) is 5.00. The minimum atomic E-state index is -0.263. The average Bonchev–Trinajstić information content (AvgIpc) is 3.17. The van der Waals surface area contributed by atoms with Gasteiger partial charge in [-0.05, 0) is 48.9 Å². The number of nitrogens with zero attached hydrogens (tertiary/aromatic N) is 2. The van der Waals surface area contributed by atoms with Gasteiger partial charge in [-0.25, -0.2) is 4.98 Å². The Bertz CT molecular complexity index is 1230. The number of hydrogen-bond acceptors (Lipinski definition) is 3. The summed E-state index contributed by atoms with van der Waals surface area (Å²) in [6, 6.07) is 18.3. The maximum atomic E-state index is 12.8. The first-order valence-electron chi connectivity index (χ1n) is 9.17. The Morgan fingerprint density at radius 3 is 2.86 bits per heavy atom. The van der Waals surface area contributed by atoms with Crippen LogP contribution < -0.4 is 10.1 Å². The van der Waals surface area contributed by atoms with Gasteiger partial charge in [-0.1, -0.05) is 30.2 Å². The maximum absolute atomic E-state index is 12.8. The summed E-state index contributed by atoms with van der Waals surface area (Å²) in [7, 11) is 0. The lowest BCUT2D eigenvalue weighted by molar-refractivity contribution is 0.102. The van der Waals surface area contributed by atoms with Crippen LogP contribution in [0.5, 0.6) is 5.75 Å². The molecule has 0 spiro atoms. The molecule has 0 unspecified atom stereocenters. The van der Waals surface area contributed by atoms with Crippen LogP contribution in [0.2, 0.25) is 0 Å². The number of ether oxygens (including phenoxy) is 1. The van der Waals surface area contributed by atoms with Gasteiger partial charge in [-0.15, -0.1) is 6.42 Å². The van der Waals surface area contributed by atoms with Crippen molar-refractivity contribution in [1.82, 2.24) is 9.38 Å². The number of benzene rings is 2. The molecule has 0 aliphatic carbocycles. The molecule has 2 heterocycles. The van der Waals surface area contributed by atoms with Crippen molar-refractivity contribution in [1.29, 1.82) is 0 Å². The quantitative estimate of drug-likeness (QED) is 0.520. The number of anilines is 1. The normalized spacial score (nSPS) is 10.5. The number of nitrogens with one attached hydrogen (secondary N) is 1. The zero-order chi connectivity index (χ0) is 20.2. The molecule has 5 nitrogen and oxygen atoms in total. The second-order valence-corrected chi connectivity index (χ2v) is 6.62. The van der Waals surface area contributed by atoms with Gasteiger partial charge < -0.3 is 14.5 Å². The lowest BCUT2D eigenvalue weighted by Gasteiger charge is -2.11. The monoisotopic (exact) mass is 381 g/mol. The lowest BCUT2D eigenvalue weighted by Crippen LogP contribution is -2.13. The van der Waals surface area contributed by atoms with Crippen molar-refractivity contribution in [3.63, 3.8) is 0 Å². The van der Waals surface area contributed by atoms with Gasteiger partial charge in [0.05, 0.1) is 11.3 Å². The summed E-state index contributed by atoms with van der Waals surface area (Å²) in [4.78, 5) is 17.4. The number of carbonyl (C=O) groups is 1. The summed E-state index contributed by atoms with van der Waals surface area (Å²) in [5, 5.41) is 2.87. The number of hydrogen-bond donors (Lipinski definition) is 1. The molecular weight excluding hydrogens is 362 g/mol. The molecule has 0 saturated heterocycles. The smallest absolute Gasteiger partial charge is 0.259 e.